The largest absolute Gasteiger partial charge is 0.359 e. The molecule has 124 valence electrons. The van der Waals surface area contributed by atoms with Gasteiger partial charge in [-0.1, -0.05) is 18.1 Å². The van der Waals surface area contributed by atoms with E-state index in [2.05, 4.69) is 5.16 Å². The van der Waals surface area contributed by atoms with Gasteiger partial charge in [0.15, 0.2) is 15.6 Å². The summed E-state index contributed by atoms with van der Waals surface area (Å²) in [7, 11) is -1.79. The fourth-order valence-electron chi connectivity index (χ4n) is 2.58. The van der Waals surface area contributed by atoms with E-state index in [0.29, 0.717) is 34.7 Å². The van der Waals surface area contributed by atoms with E-state index in [1.807, 2.05) is 6.92 Å². The molecule has 0 fully saturated rings. The van der Waals surface area contributed by atoms with Crippen molar-refractivity contribution in [2.45, 2.75) is 32.1 Å². The van der Waals surface area contributed by atoms with E-state index < -0.39 is 9.84 Å². The molecule has 1 aromatic carbocycles. The van der Waals surface area contributed by atoms with Crippen LogP contribution in [-0.2, 0) is 16.3 Å². The first-order valence-corrected chi connectivity index (χ1v) is 9.09. The number of nitrogens with zero attached hydrogens (tertiary/aromatic N) is 2. The predicted octanol–water partition coefficient (Wildman–Crippen LogP) is 2.53. The quantitative estimate of drug-likeness (QED) is 0.857. The molecule has 0 radical (unpaired) electrons. The molecule has 0 atom stereocenters. The lowest BCUT2D eigenvalue weighted by Crippen LogP contribution is -2.27. The van der Waals surface area contributed by atoms with Crippen LogP contribution in [0.3, 0.4) is 0 Å². The Balaban J connectivity index is 2.48. The second-order valence-electron chi connectivity index (χ2n) is 5.49. The third-order valence-corrected chi connectivity index (χ3v) is 4.91. The first kappa shape index (κ1) is 17.2. The molecule has 1 heterocycles. The molecule has 0 saturated carbocycles. The summed E-state index contributed by atoms with van der Waals surface area (Å²) in [6.07, 6.45) is 1.73. The molecule has 23 heavy (non-hydrogen) atoms. The molecule has 0 aliphatic heterocycles. The lowest BCUT2D eigenvalue weighted by molar-refractivity contribution is 0.0992. The average Bonchev–Trinajstić information content (AvgIpc) is 2.83. The smallest absolute Gasteiger partial charge is 0.258 e. The van der Waals surface area contributed by atoms with Crippen LogP contribution in [-0.4, -0.2) is 32.8 Å². The van der Waals surface area contributed by atoms with Crippen molar-refractivity contribution >= 4 is 21.4 Å². The number of amides is 1. The molecule has 0 saturated heterocycles. The number of anilines is 1. The molecule has 1 aromatic heterocycles. The minimum atomic E-state index is -3.40. The monoisotopic (exact) mass is 336 g/mol. The van der Waals surface area contributed by atoms with E-state index in [4.69, 9.17) is 4.52 Å². The molecule has 2 rings (SSSR count). The number of hydrogen-bond donors (Lipinski definition) is 0. The highest BCUT2D eigenvalue weighted by Crippen LogP contribution is 2.26. The molecule has 7 heteroatoms. The highest BCUT2D eigenvalue weighted by molar-refractivity contribution is 7.90. The first-order chi connectivity index (χ1) is 10.7. The summed E-state index contributed by atoms with van der Waals surface area (Å²) in [6, 6.07) is 4.76. The van der Waals surface area contributed by atoms with E-state index in [9.17, 15) is 13.2 Å². The summed E-state index contributed by atoms with van der Waals surface area (Å²) >= 11 is 0. The number of carbonyl (C=O) groups excluding carboxylic acids is 1. The van der Waals surface area contributed by atoms with Gasteiger partial charge in [-0.25, -0.2) is 8.42 Å². The first-order valence-electron chi connectivity index (χ1n) is 7.20. The van der Waals surface area contributed by atoms with Crippen LogP contribution < -0.4 is 4.90 Å². The Bertz CT molecular complexity index is 833. The van der Waals surface area contributed by atoms with E-state index in [0.717, 1.165) is 6.26 Å². The van der Waals surface area contributed by atoms with Gasteiger partial charge in [-0.15, -0.1) is 0 Å². The van der Waals surface area contributed by atoms with Crippen molar-refractivity contribution in [3.05, 3.63) is 40.8 Å². The van der Waals surface area contributed by atoms with Gasteiger partial charge in [0.25, 0.3) is 5.91 Å². The molecule has 6 nitrogen and oxygen atoms in total. The van der Waals surface area contributed by atoms with Crippen molar-refractivity contribution in [1.82, 2.24) is 5.16 Å². The van der Waals surface area contributed by atoms with Crippen molar-refractivity contribution in [2.24, 2.45) is 0 Å². The molecular weight excluding hydrogens is 316 g/mol. The van der Waals surface area contributed by atoms with E-state index in [1.165, 1.54) is 11.0 Å². The molecule has 1 amide bonds. The lowest BCUT2D eigenvalue weighted by Gasteiger charge is -2.17. The second kappa shape index (κ2) is 6.16. The normalized spacial score (nSPS) is 11.5. The zero-order chi connectivity index (χ0) is 17.4. The summed E-state index contributed by atoms with van der Waals surface area (Å²) < 4.78 is 29.0. The standard InChI is InChI=1S/C16H20N2O4S/c1-6-12-7-8-13(9-14(12)23(5,20)21)16(19)18(4)15-10(2)17-22-11(15)3/h7-9H,6H2,1-5H3. The maximum Gasteiger partial charge on any atom is 0.258 e. The molecule has 0 N–H and O–H groups in total. The summed E-state index contributed by atoms with van der Waals surface area (Å²) in [5.74, 6) is 0.221. The molecular formula is C16H20N2O4S. The maximum atomic E-state index is 12.7. The fourth-order valence-corrected chi connectivity index (χ4v) is 3.61. The summed E-state index contributed by atoms with van der Waals surface area (Å²) in [5, 5.41) is 3.83. The zero-order valence-corrected chi connectivity index (χ0v) is 14.7. The minimum Gasteiger partial charge on any atom is -0.359 e. The number of hydrogen-bond acceptors (Lipinski definition) is 5. The number of benzene rings is 1. The van der Waals surface area contributed by atoms with Gasteiger partial charge < -0.3 is 9.42 Å². The van der Waals surface area contributed by atoms with E-state index in [1.54, 1.807) is 33.0 Å². The third kappa shape index (κ3) is 3.29. The molecule has 0 unspecified atom stereocenters. The van der Waals surface area contributed by atoms with Crippen molar-refractivity contribution in [3.8, 4) is 0 Å². The van der Waals surface area contributed by atoms with Gasteiger partial charge in [0.2, 0.25) is 0 Å². The lowest BCUT2D eigenvalue weighted by atomic mass is 10.1. The van der Waals surface area contributed by atoms with Gasteiger partial charge in [-0.05, 0) is 38.0 Å². The Labute approximate surface area is 136 Å². The van der Waals surface area contributed by atoms with E-state index >= 15 is 0 Å². The summed E-state index contributed by atoms with van der Waals surface area (Å²) in [5.41, 5.74) is 2.21. The third-order valence-electron chi connectivity index (χ3n) is 3.73. The van der Waals surface area contributed by atoms with Crippen LogP contribution in [0.5, 0.6) is 0 Å². The van der Waals surface area contributed by atoms with Gasteiger partial charge in [-0.2, -0.15) is 0 Å². The summed E-state index contributed by atoms with van der Waals surface area (Å²) in [6.45, 7) is 5.35. The topological polar surface area (TPSA) is 80.5 Å². The number of carbonyl (C=O) groups is 1. The number of aryl methyl sites for hydroxylation is 3. The fraction of sp³-hybridized carbons (Fsp3) is 0.375. The van der Waals surface area contributed by atoms with Crippen LogP contribution in [0.25, 0.3) is 0 Å². The Morgan fingerprint density at radius 2 is 1.96 bits per heavy atom. The van der Waals surface area contributed by atoms with Crippen LogP contribution in [0, 0.1) is 13.8 Å². The van der Waals surface area contributed by atoms with Crippen LogP contribution in [0.15, 0.2) is 27.6 Å². The van der Waals surface area contributed by atoms with Crippen molar-refractivity contribution < 1.29 is 17.7 Å². The van der Waals surface area contributed by atoms with Gasteiger partial charge >= 0.3 is 0 Å². The van der Waals surface area contributed by atoms with Crippen LogP contribution in [0.2, 0.25) is 0 Å². The molecule has 2 aromatic rings. The molecule has 0 aliphatic carbocycles. The highest BCUT2D eigenvalue weighted by Gasteiger charge is 2.22. The maximum absolute atomic E-state index is 12.7. The van der Waals surface area contributed by atoms with Crippen LogP contribution in [0.4, 0.5) is 5.69 Å². The van der Waals surface area contributed by atoms with Crippen molar-refractivity contribution in [2.75, 3.05) is 18.2 Å². The molecule has 0 bridgehead atoms. The number of rotatable bonds is 4. The van der Waals surface area contributed by atoms with E-state index in [-0.39, 0.29) is 10.8 Å². The molecule has 0 spiro atoms. The number of sulfone groups is 1. The minimum absolute atomic E-state index is 0.193. The Morgan fingerprint density at radius 3 is 2.43 bits per heavy atom. The van der Waals surface area contributed by atoms with Crippen LogP contribution in [0.1, 0.15) is 34.3 Å². The average molecular weight is 336 g/mol. The Morgan fingerprint density at radius 1 is 1.30 bits per heavy atom. The molecule has 0 aliphatic rings. The van der Waals surface area contributed by atoms with Gasteiger partial charge in [0.1, 0.15) is 11.4 Å². The second-order valence-corrected chi connectivity index (χ2v) is 7.47. The summed E-state index contributed by atoms with van der Waals surface area (Å²) in [4.78, 5) is 14.3. The van der Waals surface area contributed by atoms with Crippen molar-refractivity contribution in [1.29, 1.82) is 0 Å². The number of aromatic nitrogens is 1. The zero-order valence-electron chi connectivity index (χ0n) is 13.9. The van der Waals surface area contributed by atoms with Gasteiger partial charge in [-0.3, -0.25) is 4.79 Å². The van der Waals surface area contributed by atoms with Crippen LogP contribution >= 0.6 is 0 Å². The highest BCUT2D eigenvalue weighted by atomic mass is 32.2. The van der Waals surface area contributed by atoms with Gasteiger partial charge in [0.05, 0.1) is 4.90 Å². The predicted molar refractivity (Wildman–Crippen MR) is 87.6 cm³/mol. The Hall–Kier alpha value is -2.15. The Kier molecular flexibility index (Phi) is 4.61. The SMILES string of the molecule is CCc1ccc(C(=O)N(C)c2c(C)noc2C)cc1S(C)(=O)=O. The van der Waals surface area contributed by atoms with Crippen molar-refractivity contribution in [3.63, 3.8) is 0 Å². The van der Waals surface area contributed by atoms with Gasteiger partial charge in [0, 0.05) is 18.9 Å².